The number of hydrogen-bond donors (Lipinski definition) is 0. The van der Waals surface area contributed by atoms with E-state index in [9.17, 15) is 4.39 Å². The Bertz CT molecular complexity index is 842. The lowest BCUT2D eigenvalue weighted by Gasteiger charge is -2.20. The summed E-state index contributed by atoms with van der Waals surface area (Å²) in [6.07, 6.45) is 0. The van der Waals surface area contributed by atoms with E-state index in [4.69, 9.17) is 9.72 Å². The van der Waals surface area contributed by atoms with Gasteiger partial charge < -0.3 is 4.74 Å². The third-order valence-electron chi connectivity index (χ3n) is 3.63. The molecular formula is C17H12FNO. The van der Waals surface area contributed by atoms with E-state index in [1.165, 1.54) is 17.7 Å². The first-order chi connectivity index (χ1) is 9.70. The summed E-state index contributed by atoms with van der Waals surface area (Å²) in [6.45, 7) is 2.53. The molecule has 1 aliphatic rings. The van der Waals surface area contributed by atoms with Crippen molar-refractivity contribution >= 4 is 10.9 Å². The highest BCUT2D eigenvalue weighted by molar-refractivity contribution is 5.85. The molecular weight excluding hydrogens is 253 g/mol. The van der Waals surface area contributed by atoms with Gasteiger partial charge in [-0.25, -0.2) is 9.37 Å². The topological polar surface area (TPSA) is 22.1 Å². The Hall–Kier alpha value is -2.42. The standard InChI is InChI=1S/C17H12FNO/c1-10-2-4-15-11(6-10)7-12-9-20-16-5-3-13(18)8-14(16)17(12)19-15/h2-8H,9H2,1H3. The molecule has 0 N–H and O–H groups in total. The molecule has 4 rings (SSSR count). The van der Waals surface area contributed by atoms with Gasteiger partial charge in [0.25, 0.3) is 0 Å². The summed E-state index contributed by atoms with van der Waals surface area (Å²) in [4.78, 5) is 4.69. The van der Waals surface area contributed by atoms with E-state index in [2.05, 4.69) is 19.1 Å². The van der Waals surface area contributed by atoms with Crippen molar-refractivity contribution in [3.63, 3.8) is 0 Å². The molecule has 1 aromatic heterocycles. The Balaban J connectivity index is 2.02. The average Bonchev–Trinajstić information content (AvgIpc) is 2.45. The molecule has 0 amide bonds. The van der Waals surface area contributed by atoms with Crippen LogP contribution in [-0.4, -0.2) is 4.98 Å². The maximum absolute atomic E-state index is 13.5. The van der Waals surface area contributed by atoms with Gasteiger partial charge in [-0.1, -0.05) is 11.6 Å². The van der Waals surface area contributed by atoms with Crippen molar-refractivity contribution < 1.29 is 9.13 Å². The van der Waals surface area contributed by atoms with Crippen LogP contribution in [0.5, 0.6) is 5.75 Å². The number of fused-ring (bicyclic) bond motifs is 4. The molecule has 2 nitrogen and oxygen atoms in total. The summed E-state index contributed by atoms with van der Waals surface area (Å²) in [5, 5.41) is 1.09. The second-order valence-corrected chi connectivity index (χ2v) is 5.12. The largest absolute Gasteiger partial charge is 0.488 e. The van der Waals surface area contributed by atoms with Gasteiger partial charge in [0.05, 0.1) is 11.2 Å². The molecule has 0 radical (unpaired) electrons. The maximum atomic E-state index is 13.5. The van der Waals surface area contributed by atoms with Gasteiger partial charge in [0.15, 0.2) is 0 Å². The molecule has 3 aromatic rings. The zero-order valence-corrected chi connectivity index (χ0v) is 11.0. The number of rotatable bonds is 0. The molecule has 0 aliphatic carbocycles. The zero-order valence-electron chi connectivity index (χ0n) is 11.0. The first kappa shape index (κ1) is 11.4. The molecule has 0 unspecified atom stereocenters. The lowest BCUT2D eigenvalue weighted by Crippen LogP contribution is -2.07. The maximum Gasteiger partial charge on any atom is 0.129 e. The highest BCUT2D eigenvalue weighted by Crippen LogP contribution is 2.37. The molecule has 3 heteroatoms. The first-order valence-electron chi connectivity index (χ1n) is 6.54. The van der Waals surface area contributed by atoms with Gasteiger partial charge >= 0.3 is 0 Å². The van der Waals surface area contributed by atoms with Crippen molar-refractivity contribution in [3.8, 4) is 17.0 Å². The van der Waals surface area contributed by atoms with E-state index in [1.54, 1.807) is 6.07 Å². The van der Waals surface area contributed by atoms with Crippen molar-refractivity contribution in [1.29, 1.82) is 0 Å². The van der Waals surface area contributed by atoms with Crippen LogP contribution in [0.1, 0.15) is 11.1 Å². The fraction of sp³-hybridized carbons (Fsp3) is 0.118. The average molecular weight is 265 g/mol. The Morgan fingerprint density at radius 3 is 2.90 bits per heavy atom. The second-order valence-electron chi connectivity index (χ2n) is 5.12. The van der Waals surface area contributed by atoms with Gasteiger partial charge in [0.1, 0.15) is 18.2 Å². The SMILES string of the molecule is Cc1ccc2nc3c(cc2c1)COc1ccc(F)cc1-3. The van der Waals surface area contributed by atoms with E-state index in [0.717, 1.165) is 27.7 Å². The normalized spacial score (nSPS) is 12.7. The summed E-state index contributed by atoms with van der Waals surface area (Å²) in [5.41, 5.74) is 4.67. The van der Waals surface area contributed by atoms with Gasteiger partial charge in [0, 0.05) is 16.5 Å². The minimum absolute atomic E-state index is 0.272. The quantitative estimate of drug-likeness (QED) is 0.606. The molecule has 0 spiro atoms. The smallest absolute Gasteiger partial charge is 0.129 e. The summed E-state index contributed by atoms with van der Waals surface area (Å²) in [5.74, 6) is 0.420. The number of aryl methyl sites for hydroxylation is 1. The summed E-state index contributed by atoms with van der Waals surface area (Å²) >= 11 is 0. The van der Waals surface area contributed by atoms with Crippen LogP contribution in [0.4, 0.5) is 4.39 Å². The second kappa shape index (κ2) is 4.04. The van der Waals surface area contributed by atoms with Crippen LogP contribution in [0.2, 0.25) is 0 Å². The number of pyridine rings is 1. The van der Waals surface area contributed by atoms with Crippen LogP contribution in [0, 0.1) is 12.7 Å². The van der Waals surface area contributed by atoms with E-state index in [0.29, 0.717) is 12.4 Å². The van der Waals surface area contributed by atoms with E-state index in [1.807, 2.05) is 12.1 Å². The third-order valence-corrected chi connectivity index (χ3v) is 3.63. The Labute approximate surface area is 115 Å². The van der Waals surface area contributed by atoms with Gasteiger partial charge in [-0.2, -0.15) is 0 Å². The molecule has 0 saturated heterocycles. The zero-order chi connectivity index (χ0) is 13.7. The predicted octanol–water partition coefficient (Wildman–Crippen LogP) is 4.24. The summed E-state index contributed by atoms with van der Waals surface area (Å²) in [7, 11) is 0. The van der Waals surface area contributed by atoms with Gasteiger partial charge in [-0.05, 0) is 43.3 Å². The van der Waals surface area contributed by atoms with Crippen molar-refractivity contribution in [2.75, 3.05) is 0 Å². The highest BCUT2D eigenvalue weighted by atomic mass is 19.1. The number of halogens is 1. The molecule has 2 aromatic carbocycles. The third kappa shape index (κ3) is 1.67. The number of aromatic nitrogens is 1. The van der Waals surface area contributed by atoms with Crippen LogP contribution < -0.4 is 4.74 Å². The van der Waals surface area contributed by atoms with Crippen LogP contribution in [0.3, 0.4) is 0 Å². The molecule has 0 saturated carbocycles. The molecule has 2 heterocycles. The minimum Gasteiger partial charge on any atom is -0.488 e. The highest BCUT2D eigenvalue weighted by Gasteiger charge is 2.20. The number of hydrogen-bond acceptors (Lipinski definition) is 2. The Morgan fingerprint density at radius 2 is 2.00 bits per heavy atom. The molecule has 1 aliphatic heterocycles. The molecule has 0 fully saturated rings. The van der Waals surface area contributed by atoms with E-state index < -0.39 is 0 Å². The molecule has 98 valence electrons. The first-order valence-corrected chi connectivity index (χ1v) is 6.54. The van der Waals surface area contributed by atoms with Crippen LogP contribution in [-0.2, 0) is 6.61 Å². The number of benzene rings is 2. The molecule has 0 atom stereocenters. The Kier molecular flexibility index (Phi) is 2.30. The summed E-state index contributed by atoms with van der Waals surface area (Å²) < 4.78 is 19.1. The van der Waals surface area contributed by atoms with Crippen LogP contribution >= 0.6 is 0 Å². The summed E-state index contributed by atoms with van der Waals surface area (Å²) in [6, 6.07) is 12.8. The minimum atomic E-state index is -0.272. The monoisotopic (exact) mass is 265 g/mol. The lowest BCUT2D eigenvalue weighted by atomic mass is 10.00. The van der Waals surface area contributed by atoms with Gasteiger partial charge in [0.2, 0.25) is 0 Å². The fourth-order valence-electron chi connectivity index (χ4n) is 2.65. The van der Waals surface area contributed by atoms with Crippen LogP contribution in [0.25, 0.3) is 22.2 Å². The number of nitrogens with zero attached hydrogens (tertiary/aromatic N) is 1. The Morgan fingerprint density at radius 1 is 1.10 bits per heavy atom. The van der Waals surface area contributed by atoms with Crippen molar-refractivity contribution in [2.24, 2.45) is 0 Å². The van der Waals surface area contributed by atoms with E-state index in [-0.39, 0.29) is 5.82 Å². The number of ether oxygens (including phenoxy) is 1. The van der Waals surface area contributed by atoms with Crippen molar-refractivity contribution in [3.05, 3.63) is 59.4 Å². The predicted molar refractivity (Wildman–Crippen MR) is 76.2 cm³/mol. The van der Waals surface area contributed by atoms with Gasteiger partial charge in [-0.3, -0.25) is 0 Å². The van der Waals surface area contributed by atoms with Crippen molar-refractivity contribution in [1.82, 2.24) is 4.98 Å². The van der Waals surface area contributed by atoms with Crippen molar-refractivity contribution in [2.45, 2.75) is 13.5 Å². The lowest BCUT2D eigenvalue weighted by molar-refractivity contribution is 0.301. The fourth-order valence-corrected chi connectivity index (χ4v) is 2.65. The molecule has 0 bridgehead atoms. The van der Waals surface area contributed by atoms with Crippen LogP contribution in [0.15, 0.2) is 42.5 Å². The molecule has 20 heavy (non-hydrogen) atoms. The van der Waals surface area contributed by atoms with E-state index >= 15 is 0 Å². The van der Waals surface area contributed by atoms with Gasteiger partial charge in [-0.15, -0.1) is 0 Å².